The van der Waals surface area contributed by atoms with Crippen molar-refractivity contribution < 1.29 is 20.1 Å². The molecule has 0 aromatic carbocycles. The van der Waals surface area contributed by atoms with Gasteiger partial charge in [0.2, 0.25) is 5.91 Å². The summed E-state index contributed by atoms with van der Waals surface area (Å²) in [6.07, 6.45) is 52.3. The molecule has 1 amide bonds. The molecule has 4 N–H and O–H groups in total. The van der Waals surface area contributed by atoms with Crippen molar-refractivity contribution in [1.29, 1.82) is 0 Å². The third-order valence-corrected chi connectivity index (χ3v) is 11.3. The Kier molecular flexibility index (Phi) is 43.1. The van der Waals surface area contributed by atoms with E-state index in [1.807, 2.05) is 6.08 Å². The number of carbonyl (C=O) groups excluding carboxylic acids is 1. The minimum absolute atomic E-state index is 0.0185. The first-order chi connectivity index (χ1) is 26.0. The fourth-order valence-corrected chi connectivity index (χ4v) is 7.64. The third kappa shape index (κ3) is 40.6. The summed E-state index contributed by atoms with van der Waals surface area (Å²) in [6, 6.07) is -0.739. The highest BCUT2D eigenvalue weighted by Crippen LogP contribution is 2.17. The van der Waals surface area contributed by atoms with E-state index in [1.54, 1.807) is 6.08 Å². The Morgan fingerprint density at radius 1 is 0.472 bits per heavy atom. The molecule has 316 valence electrons. The average molecular weight is 750 g/mol. The molecule has 0 aromatic rings. The first-order valence-electron chi connectivity index (χ1n) is 24.0. The van der Waals surface area contributed by atoms with Crippen molar-refractivity contribution in [2.75, 3.05) is 6.61 Å². The zero-order valence-electron chi connectivity index (χ0n) is 35.9. The molecule has 0 saturated heterocycles. The van der Waals surface area contributed by atoms with Gasteiger partial charge in [0, 0.05) is 0 Å². The number of unbranched alkanes of at least 4 members (excludes halogenated alkanes) is 35. The van der Waals surface area contributed by atoms with Crippen molar-refractivity contribution in [3.05, 3.63) is 12.2 Å². The normalized spacial score (nSPS) is 13.5. The Morgan fingerprint density at radius 2 is 0.774 bits per heavy atom. The fourth-order valence-electron chi connectivity index (χ4n) is 7.64. The fraction of sp³-hybridized carbons (Fsp3) is 0.938. The van der Waals surface area contributed by atoms with Crippen LogP contribution in [0.25, 0.3) is 0 Å². The van der Waals surface area contributed by atoms with Crippen LogP contribution in [0.4, 0.5) is 0 Å². The number of allylic oxidation sites excluding steroid dienone is 1. The lowest BCUT2D eigenvalue weighted by Gasteiger charge is -2.21. The second-order valence-corrected chi connectivity index (χ2v) is 16.7. The summed E-state index contributed by atoms with van der Waals surface area (Å²) in [6.45, 7) is 4.23. The summed E-state index contributed by atoms with van der Waals surface area (Å²) in [5.41, 5.74) is 0. The summed E-state index contributed by atoms with van der Waals surface area (Å²) in [4.78, 5) is 12.4. The molecular weight excluding hydrogens is 655 g/mol. The molecule has 0 rings (SSSR count). The molecule has 0 aliphatic rings. The van der Waals surface area contributed by atoms with Gasteiger partial charge in [-0.15, -0.1) is 0 Å². The maximum absolute atomic E-state index is 12.4. The van der Waals surface area contributed by atoms with Crippen LogP contribution in [-0.2, 0) is 4.79 Å². The highest BCUT2D eigenvalue weighted by atomic mass is 16.3. The number of nitrogens with one attached hydrogen (secondary N) is 1. The monoisotopic (exact) mass is 750 g/mol. The number of hydrogen-bond acceptors (Lipinski definition) is 4. The molecule has 53 heavy (non-hydrogen) atoms. The first kappa shape index (κ1) is 52.1. The lowest BCUT2D eigenvalue weighted by Crippen LogP contribution is -2.45. The molecular formula is C48H95NO4. The Hall–Kier alpha value is -0.910. The molecule has 0 aromatic heterocycles. The van der Waals surface area contributed by atoms with Crippen molar-refractivity contribution in [3.63, 3.8) is 0 Å². The Balaban J connectivity index is 3.57. The van der Waals surface area contributed by atoms with Crippen LogP contribution in [0.1, 0.15) is 264 Å². The molecule has 0 radical (unpaired) electrons. The SMILES string of the molecule is CCCCCCCCCCCCCCCCCCCCCCCCC/C=C/C(O)C(CO)NC(=O)CC(O)CCCCCCCCCCCCCCC. The smallest absolute Gasteiger partial charge is 0.222 e. The van der Waals surface area contributed by atoms with Gasteiger partial charge in [-0.05, 0) is 19.3 Å². The standard InChI is InChI=1S/C48H95NO4/c1-3-5-7-9-11-13-15-17-18-19-20-21-22-23-24-25-26-27-28-30-32-34-36-38-40-42-47(52)46(44-50)49-48(53)43-45(51)41-39-37-35-33-31-29-16-14-12-10-8-6-4-2/h40,42,45-47,50-52H,3-39,41,43-44H2,1-2H3,(H,49,53)/b42-40+. The Bertz CT molecular complexity index is 743. The molecule has 0 bridgehead atoms. The van der Waals surface area contributed by atoms with Gasteiger partial charge in [-0.2, -0.15) is 0 Å². The molecule has 0 saturated carbocycles. The number of rotatable bonds is 44. The molecule has 0 aliphatic heterocycles. The van der Waals surface area contributed by atoms with Crippen molar-refractivity contribution in [1.82, 2.24) is 5.32 Å². The number of carbonyl (C=O) groups is 1. The predicted octanol–water partition coefficient (Wildman–Crippen LogP) is 14.0. The van der Waals surface area contributed by atoms with E-state index in [0.29, 0.717) is 6.42 Å². The summed E-state index contributed by atoms with van der Waals surface area (Å²) in [5.74, 6) is -0.312. The molecule has 5 heteroatoms. The zero-order chi connectivity index (χ0) is 38.7. The molecule has 0 fully saturated rings. The van der Waals surface area contributed by atoms with E-state index in [1.165, 1.54) is 212 Å². The first-order valence-corrected chi connectivity index (χ1v) is 24.0. The summed E-state index contributed by atoms with van der Waals surface area (Å²) in [7, 11) is 0. The molecule has 0 aliphatic carbocycles. The third-order valence-electron chi connectivity index (χ3n) is 11.3. The number of aliphatic hydroxyl groups excluding tert-OH is 3. The quantitative estimate of drug-likeness (QED) is 0.0369. The van der Waals surface area contributed by atoms with Crippen LogP contribution in [-0.4, -0.2) is 46.1 Å². The van der Waals surface area contributed by atoms with Gasteiger partial charge >= 0.3 is 0 Å². The number of aliphatic hydroxyl groups is 3. The van der Waals surface area contributed by atoms with Gasteiger partial charge < -0.3 is 20.6 Å². The van der Waals surface area contributed by atoms with Crippen LogP contribution in [0.2, 0.25) is 0 Å². The summed E-state index contributed by atoms with van der Waals surface area (Å²) >= 11 is 0. The van der Waals surface area contributed by atoms with Gasteiger partial charge in [-0.1, -0.05) is 251 Å². The maximum atomic E-state index is 12.4. The minimum atomic E-state index is -0.924. The van der Waals surface area contributed by atoms with E-state index in [2.05, 4.69) is 19.2 Å². The summed E-state index contributed by atoms with van der Waals surface area (Å²) in [5, 5.41) is 33.3. The second-order valence-electron chi connectivity index (χ2n) is 16.7. The van der Waals surface area contributed by atoms with Crippen LogP contribution in [0.5, 0.6) is 0 Å². The van der Waals surface area contributed by atoms with Gasteiger partial charge in [-0.3, -0.25) is 4.79 Å². The van der Waals surface area contributed by atoms with E-state index in [0.717, 1.165) is 25.7 Å². The lowest BCUT2D eigenvalue weighted by atomic mass is 10.0. The summed E-state index contributed by atoms with van der Waals surface area (Å²) < 4.78 is 0. The molecule has 0 spiro atoms. The second kappa shape index (κ2) is 43.8. The minimum Gasteiger partial charge on any atom is -0.394 e. The highest BCUT2D eigenvalue weighted by molar-refractivity contribution is 5.76. The van der Waals surface area contributed by atoms with Crippen molar-refractivity contribution >= 4 is 5.91 Å². The predicted molar refractivity (Wildman–Crippen MR) is 232 cm³/mol. The zero-order valence-corrected chi connectivity index (χ0v) is 35.9. The van der Waals surface area contributed by atoms with E-state index in [9.17, 15) is 20.1 Å². The van der Waals surface area contributed by atoms with E-state index in [4.69, 9.17) is 0 Å². The Morgan fingerprint density at radius 3 is 1.09 bits per heavy atom. The van der Waals surface area contributed by atoms with Crippen LogP contribution >= 0.6 is 0 Å². The van der Waals surface area contributed by atoms with Gasteiger partial charge in [0.25, 0.3) is 0 Å². The average Bonchev–Trinajstić information content (AvgIpc) is 3.15. The van der Waals surface area contributed by atoms with Crippen molar-refractivity contribution in [2.45, 2.75) is 283 Å². The maximum Gasteiger partial charge on any atom is 0.222 e. The van der Waals surface area contributed by atoms with Crippen molar-refractivity contribution in [2.24, 2.45) is 0 Å². The molecule has 0 heterocycles. The largest absolute Gasteiger partial charge is 0.394 e. The van der Waals surface area contributed by atoms with E-state index < -0.39 is 18.2 Å². The number of hydrogen-bond donors (Lipinski definition) is 4. The Labute approximate surface area is 331 Å². The lowest BCUT2D eigenvalue weighted by molar-refractivity contribution is -0.124. The van der Waals surface area contributed by atoms with Gasteiger partial charge in [-0.25, -0.2) is 0 Å². The van der Waals surface area contributed by atoms with Gasteiger partial charge in [0.1, 0.15) is 0 Å². The van der Waals surface area contributed by atoms with Crippen molar-refractivity contribution in [3.8, 4) is 0 Å². The highest BCUT2D eigenvalue weighted by Gasteiger charge is 2.20. The molecule has 3 unspecified atom stereocenters. The topological polar surface area (TPSA) is 89.8 Å². The van der Waals surface area contributed by atoms with Crippen LogP contribution in [0.3, 0.4) is 0 Å². The van der Waals surface area contributed by atoms with Gasteiger partial charge in [0.05, 0.1) is 31.3 Å². The van der Waals surface area contributed by atoms with Gasteiger partial charge in [0.15, 0.2) is 0 Å². The number of amides is 1. The van der Waals surface area contributed by atoms with Crippen LogP contribution in [0, 0.1) is 0 Å². The molecule has 5 nitrogen and oxygen atoms in total. The molecule has 3 atom stereocenters. The van der Waals surface area contributed by atoms with Crippen LogP contribution in [0.15, 0.2) is 12.2 Å². The van der Waals surface area contributed by atoms with E-state index >= 15 is 0 Å². The van der Waals surface area contributed by atoms with E-state index in [-0.39, 0.29) is 18.9 Å². The van der Waals surface area contributed by atoms with Crippen LogP contribution < -0.4 is 5.32 Å².